The number of hydrogen-bond acceptors (Lipinski definition) is 5. The van der Waals surface area contributed by atoms with Gasteiger partial charge in [-0.25, -0.2) is 0 Å². The summed E-state index contributed by atoms with van der Waals surface area (Å²) >= 11 is 0. The van der Waals surface area contributed by atoms with E-state index < -0.39 is 24.5 Å². The standard InChI is InChI=1S/C8H14O5/c1-5(9)13-6-3-4-12-8(11-2)7(6)10/h6-8,10H,3-4H2,1-2H3/t6-,7+,8-/m0/s1. The second-order valence-corrected chi connectivity index (χ2v) is 2.90. The first kappa shape index (κ1) is 10.4. The van der Waals surface area contributed by atoms with Gasteiger partial charge < -0.3 is 19.3 Å². The normalized spacial score (nSPS) is 34.2. The van der Waals surface area contributed by atoms with Crippen LogP contribution in [0.4, 0.5) is 0 Å². The van der Waals surface area contributed by atoms with Crippen LogP contribution in [-0.2, 0) is 19.0 Å². The minimum absolute atomic E-state index is 0.402. The van der Waals surface area contributed by atoms with Crippen molar-refractivity contribution in [3.63, 3.8) is 0 Å². The summed E-state index contributed by atoms with van der Waals surface area (Å²) in [5.41, 5.74) is 0. The minimum atomic E-state index is -0.900. The molecule has 0 aromatic heterocycles. The largest absolute Gasteiger partial charge is 0.459 e. The van der Waals surface area contributed by atoms with Crippen molar-refractivity contribution in [2.75, 3.05) is 13.7 Å². The molecule has 1 fully saturated rings. The fourth-order valence-electron chi connectivity index (χ4n) is 1.29. The van der Waals surface area contributed by atoms with Gasteiger partial charge in [0.2, 0.25) is 0 Å². The van der Waals surface area contributed by atoms with E-state index in [0.29, 0.717) is 13.0 Å². The predicted octanol–water partition coefficient (Wildman–Crippen LogP) is -0.328. The Bertz CT molecular complexity index is 181. The molecule has 0 amide bonds. The van der Waals surface area contributed by atoms with Gasteiger partial charge in [-0.1, -0.05) is 0 Å². The number of methoxy groups -OCH3 is 1. The third-order valence-electron chi connectivity index (χ3n) is 1.89. The Morgan fingerprint density at radius 3 is 2.85 bits per heavy atom. The SMILES string of the molecule is CO[C@H]1OCC[C@H](OC(C)=O)[C@H]1O. The second-order valence-electron chi connectivity index (χ2n) is 2.90. The van der Waals surface area contributed by atoms with E-state index in [4.69, 9.17) is 14.2 Å². The molecule has 76 valence electrons. The average molecular weight is 190 g/mol. The van der Waals surface area contributed by atoms with E-state index in [-0.39, 0.29) is 0 Å². The number of aliphatic hydroxyl groups excluding tert-OH is 1. The van der Waals surface area contributed by atoms with Crippen molar-refractivity contribution in [2.24, 2.45) is 0 Å². The molecule has 0 spiro atoms. The Hall–Kier alpha value is -0.650. The molecule has 5 heteroatoms. The van der Waals surface area contributed by atoms with Crippen LogP contribution in [0.5, 0.6) is 0 Å². The molecule has 1 rings (SSSR count). The van der Waals surface area contributed by atoms with Crippen molar-refractivity contribution in [3.05, 3.63) is 0 Å². The molecule has 0 aromatic carbocycles. The summed E-state index contributed by atoms with van der Waals surface area (Å²) in [6.07, 6.45) is -1.61. The monoisotopic (exact) mass is 190 g/mol. The highest BCUT2D eigenvalue weighted by molar-refractivity contribution is 5.66. The topological polar surface area (TPSA) is 65.0 Å². The second kappa shape index (κ2) is 4.55. The van der Waals surface area contributed by atoms with E-state index in [1.807, 2.05) is 0 Å². The maximum absolute atomic E-state index is 10.6. The Morgan fingerprint density at radius 1 is 1.62 bits per heavy atom. The summed E-state index contributed by atoms with van der Waals surface area (Å²) in [6, 6.07) is 0. The van der Waals surface area contributed by atoms with Gasteiger partial charge in [-0.2, -0.15) is 0 Å². The number of ether oxygens (including phenoxy) is 3. The Labute approximate surface area is 76.6 Å². The van der Waals surface area contributed by atoms with Crippen LogP contribution < -0.4 is 0 Å². The molecular formula is C8H14O5. The zero-order valence-corrected chi connectivity index (χ0v) is 7.73. The highest BCUT2D eigenvalue weighted by atomic mass is 16.7. The highest BCUT2D eigenvalue weighted by Crippen LogP contribution is 2.18. The van der Waals surface area contributed by atoms with Crippen LogP contribution in [0.3, 0.4) is 0 Å². The predicted molar refractivity (Wildman–Crippen MR) is 42.9 cm³/mol. The maximum Gasteiger partial charge on any atom is 0.302 e. The van der Waals surface area contributed by atoms with Crippen LogP contribution in [0.15, 0.2) is 0 Å². The number of carbonyl (C=O) groups excluding carboxylic acids is 1. The van der Waals surface area contributed by atoms with E-state index in [0.717, 1.165) is 0 Å². The van der Waals surface area contributed by atoms with Gasteiger partial charge >= 0.3 is 5.97 Å². The molecule has 1 saturated heterocycles. The number of aliphatic hydroxyl groups is 1. The molecule has 5 nitrogen and oxygen atoms in total. The summed E-state index contributed by atoms with van der Waals surface area (Å²) in [7, 11) is 1.43. The van der Waals surface area contributed by atoms with Crippen molar-refractivity contribution in [2.45, 2.75) is 31.8 Å². The first-order valence-electron chi connectivity index (χ1n) is 4.15. The summed E-state index contributed by atoms with van der Waals surface area (Å²) in [6.45, 7) is 1.73. The minimum Gasteiger partial charge on any atom is -0.459 e. The van der Waals surface area contributed by atoms with Gasteiger partial charge in [0.05, 0.1) is 6.61 Å². The van der Waals surface area contributed by atoms with Crippen LogP contribution in [0.25, 0.3) is 0 Å². The lowest BCUT2D eigenvalue weighted by molar-refractivity contribution is -0.238. The lowest BCUT2D eigenvalue weighted by Gasteiger charge is -2.32. The van der Waals surface area contributed by atoms with Gasteiger partial charge in [0.15, 0.2) is 6.29 Å². The molecule has 13 heavy (non-hydrogen) atoms. The molecule has 1 aliphatic rings. The lowest BCUT2D eigenvalue weighted by atomic mass is 10.1. The lowest BCUT2D eigenvalue weighted by Crippen LogP contribution is -2.47. The number of rotatable bonds is 2. The maximum atomic E-state index is 10.6. The third kappa shape index (κ3) is 2.65. The summed E-state index contributed by atoms with van der Waals surface area (Å²) < 4.78 is 14.8. The van der Waals surface area contributed by atoms with Crippen LogP contribution >= 0.6 is 0 Å². The number of carbonyl (C=O) groups is 1. The van der Waals surface area contributed by atoms with Gasteiger partial charge in [-0.05, 0) is 0 Å². The number of esters is 1. The first-order valence-corrected chi connectivity index (χ1v) is 4.15. The van der Waals surface area contributed by atoms with Crippen LogP contribution in [0.1, 0.15) is 13.3 Å². The van der Waals surface area contributed by atoms with Crippen molar-refractivity contribution < 1.29 is 24.1 Å². The molecule has 0 bridgehead atoms. The van der Waals surface area contributed by atoms with Crippen LogP contribution in [0, 0.1) is 0 Å². The van der Waals surface area contributed by atoms with Crippen molar-refractivity contribution in [1.29, 1.82) is 0 Å². The van der Waals surface area contributed by atoms with Crippen molar-refractivity contribution >= 4 is 5.97 Å². The molecule has 0 aromatic rings. The van der Waals surface area contributed by atoms with Gasteiger partial charge in [0, 0.05) is 20.5 Å². The molecule has 3 atom stereocenters. The average Bonchev–Trinajstić information content (AvgIpc) is 2.08. The molecule has 1 N–H and O–H groups in total. The van der Waals surface area contributed by atoms with Crippen LogP contribution in [0.2, 0.25) is 0 Å². The van der Waals surface area contributed by atoms with E-state index in [9.17, 15) is 9.90 Å². The smallest absolute Gasteiger partial charge is 0.302 e. The molecule has 0 radical (unpaired) electrons. The third-order valence-corrected chi connectivity index (χ3v) is 1.89. The first-order chi connectivity index (χ1) is 6.15. The zero-order chi connectivity index (χ0) is 9.84. The molecule has 0 aliphatic carbocycles. The quantitative estimate of drug-likeness (QED) is 0.604. The van der Waals surface area contributed by atoms with Gasteiger partial charge in [-0.3, -0.25) is 4.79 Å². The summed E-state index contributed by atoms with van der Waals surface area (Å²) in [4.78, 5) is 10.6. The molecule has 1 aliphatic heterocycles. The zero-order valence-electron chi connectivity index (χ0n) is 7.73. The Kier molecular flexibility index (Phi) is 3.65. The molecule has 0 unspecified atom stereocenters. The van der Waals surface area contributed by atoms with Crippen molar-refractivity contribution in [3.8, 4) is 0 Å². The van der Waals surface area contributed by atoms with E-state index in [1.165, 1.54) is 14.0 Å². The van der Waals surface area contributed by atoms with Gasteiger partial charge in [-0.15, -0.1) is 0 Å². The molecule has 0 saturated carbocycles. The number of hydrogen-bond donors (Lipinski definition) is 1. The summed E-state index contributed by atoms with van der Waals surface area (Å²) in [5.74, 6) is -0.402. The van der Waals surface area contributed by atoms with Gasteiger partial charge in [0.1, 0.15) is 12.2 Å². The van der Waals surface area contributed by atoms with E-state index in [1.54, 1.807) is 0 Å². The Morgan fingerprint density at radius 2 is 2.31 bits per heavy atom. The van der Waals surface area contributed by atoms with Gasteiger partial charge in [0.25, 0.3) is 0 Å². The van der Waals surface area contributed by atoms with Crippen molar-refractivity contribution in [1.82, 2.24) is 0 Å². The van der Waals surface area contributed by atoms with E-state index in [2.05, 4.69) is 0 Å². The van der Waals surface area contributed by atoms with E-state index >= 15 is 0 Å². The van der Waals surface area contributed by atoms with Crippen LogP contribution in [-0.4, -0.2) is 43.3 Å². The Balaban J connectivity index is 2.49. The highest BCUT2D eigenvalue weighted by Gasteiger charge is 2.34. The molecular weight excluding hydrogens is 176 g/mol. The molecule has 1 heterocycles. The fourth-order valence-corrected chi connectivity index (χ4v) is 1.29. The fraction of sp³-hybridized carbons (Fsp3) is 0.875. The summed E-state index contributed by atoms with van der Waals surface area (Å²) in [5, 5.41) is 9.55.